The molecule has 0 spiro atoms. The molecule has 1 aromatic carbocycles. The van der Waals surface area contributed by atoms with Gasteiger partial charge in [0.05, 0.1) is 27.9 Å². The van der Waals surface area contributed by atoms with Crippen molar-refractivity contribution in [2.45, 2.75) is 27.7 Å². The van der Waals surface area contributed by atoms with E-state index in [4.69, 9.17) is 21.1 Å². The first-order valence-corrected chi connectivity index (χ1v) is 9.32. The molecule has 2 rings (SSSR count). The maximum Gasteiger partial charge on any atom is 0.266 e. The summed E-state index contributed by atoms with van der Waals surface area (Å²) >= 11 is 7.48. The zero-order valence-corrected chi connectivity index (χ0v) is 17.0. The number of nitrogens with one attached hydrogen (secondary N) is 1. The molecule has 7 heteroatoms. The Morgan fingerprint density at radius 2 is 2.04 bits per heavy atom. The molecule has 1 heterocycles. The highest BCUT2D eigenvalue weighted by Gasteiger charge is 2.18. The van der Waals surface area contributed by atoms with Crippen molar-refractivity contribution < 1.29 is 14.3 Å². The lowest BCUT2D eigenvalue weighted by Crippen LogP contribution is -2.22. The fraction of sp³-hybridized carbons (Fsp3) is 0.368. The van der Waals surface area contributed by atoms with Crippen LogP contribution in [-0.2, 0) is 4.79 Å². The van der Waals surface area contributed by atoms with Gasteiger partial charge in [-0.05, 0) is 30.7 Å². The van der Waals surface area contributed by atoms with Gasteiger partial charge in [-0.3, -0.25) is 9.59 Å². The van der Waals surface area contributed by atoms with E-state index >= 15 is 0 Å². The van der Waals surface area contributed by atoms with Gasteiger partial charge < -0.3 is 14.5 Å². The smallest absolute Gasteiger partial charge is 0.266 e. The molecule has 5 nitrogen and oxygen atoms in total. The molecule has 1 N–H and O–H groups in total. The summed E-state index contributed by atoms with van der Waals surface area (Å²) in [6.45, 7) is 7.82. The summed E-state index contributed by atoms with van der Waals surface area (Å²) in [4.78, 5) is 27.0. The fourth-order valence-electron chi connectivity index (χ4n) is 2.12. The van der Waals surface area contributed by atoms with Gasteiger partial charge in [0.1, 0.15) is 0 Å². The molecule has 0 saturated carbocycles. The molecule has 1 aromatic heterocycles. The fourth-order valence-corrected chi connectivity index (χ4v) is 3.28. The maximum absolute atomic E-state index is 12.2. The molecule has 0 radical (unpaired) electrons. The molecular formula is C19H22ClNO4S. The van der Waals surface area contributed by atoms with E-state index in [9.17, 15) is 9.59 Å². The molecule has 2 aromatic rings. The molecule has 0 unspecified atom stereocenters. The summed E-state index contributed by atoms with van der Waals surface area (Å²) in [6, 6.07) is 3.46. The number of hydrogen-bond acceptors (Lipinski definition) is 5. The average Bonchev–Trinajstić information content (AvgIpc) is 2.88. The number of H-pyrrole nitrogens is 1. The molecule has 0 saturated heterocycles. The quantitative estimate of drug-likeness (QED) is 0.845. The zero-order valence-electron chi connectivity index (χ0n) is 15.4. The van der Waals surface area contributed by atoms with Crippen LogP contribution in [0.1, 0.15) is 33.3 Å². The Hall–Kier alpha value is -2.05. The Morgan fingerprint density at radius 3 is 2.62 bits per heavy atom. The topological polar surface area (TPSA) is 68.4 Å². The number of carbonyl (C=O) groups is 1. The Bertz CT molecular complexity index is 982. The van der Waals surface area contributed by atoms with Crippen molar-refractivity contribution in [2.75, 3.05) is 13.7 Å². The highest BCUT2D eigenvalue weighted by atomic mass is 35.5. The SMILES string of the molecule is CCOc1c(Cl)cc(/C=c2/s/c(=C/C(=O)C(C)(C)C)[nH]c2=O)cc1OC. The van der Waals surface area contributed by atoms with Crippen LogP contribution in [0, 0.1) is 5.41 Å². The highest BCUT2D eigenvalue weighted by Crippen LogP contribution is 2.36. The van der Waals surface area contributed by atoms with Crippen molar-refractivity contribution in [2.24, 2.45) is 5.41 Å². The first kappa shape index (κ1) is 20.3. The minimum absolute atomic E-state index is 0.0488. The van der Waals surface area contributed by atoms with Crippen LogP contribution in [0.4, 0.5) is 0 Å². The van der Waals surface area contributed by atoms with Crippen molar-refractivity contribution in [3.63, 3.8) is 0 Å². The van der Waals surface area contributed by atoms with E-state index in [0.717, 1.165) is 0 Å². The van der Waals surface area contributed by atoms with Crippen LogP contribution >= 0.6 is 22.9 Å². The number of aromatic nitrogens is 1. The Labute approximate surface area is 160 Å². The predicted molar refractivity (Wildman–Crippen MR) is 106 cm³/mol. The summed E-state index contributed by atoms with van der Waals surface area (Å²) in [6.07, 6.45) is 3.17. The number of benzene rings is 1. The van der Waals surface area contributed by atoms with Gasteiger partial charge in [-0.2, -0.15) is 0 Å². The summed E-state index contributed by atoms with van der Waals surface area (Å²) in [5.41, 5.74) is -0.0518. The molecule has 0 bridgehead atoms. The Balaban J connectivity index is 2.52. The van der Waals surface area contributed by atoms with E-state index in [-0.39, 0.29) is 11.3 Å². The number of Topliss-reactive ketones (excluding diaryl/α,β-unsaturated/α-hetero) is 1. The van der Waals surface area contributed by atoms with Crippen LogP contribution in [-0.4, -0.2) is 24.5 Å². The molecule has 0 aliphatic carbocycles. The second-order valence-corrected chi connectivity index (χ2v) is 8.15. The Kier molecular flexibility index (Phi) is 6.31. The highest BCUT2D eigenvalue weighted by molar-refractivity contribution is 7.07. The van der Waals surface area contributed by atoms with Crippen molar-refractivity contribution >= 4 is 40.9 Å². The second kappa shape index (κ2) is 8.10. The normalized spacial score (nSPS) is 13.2. The molecule has 0 amide bonds. The number of thiazole rings is 1. The van der Waals surface area contributed by atoms with Crippen molar-refractivity contribution in [3.8, 4) is 11.5 Å². The van der Waals surface area contributed by atoms with E-state index in [2.05, 4.69) is 4.98 Å². The van der Waals surface area contributed by atoms with E-state index < -0.39 is 5.41 Å². The molecule has 0 fully saturated rings. The van der Waals surface area contributed by atoms with E-state index in [0.29, 0.717) is 37.9 Å². The summed E-state index contributed by atoms with van der Waals surface area (Å²) in [5, 5.41) is 0.403. The van der Waals surface area contributed by atoms with Crippen molar-refractivity contribution in [1.82, 2.24) is 4.98 Å². The van der Waals surface area contributed by atoms with Crippen LogP contribution in [0.25, 0.3) is 12.2 Å². The van der Waals surface area contributed by atoms with Gasteiger partial charge in [-0.1, -0.05) is 32.4 Å². The largest absolute Gasteiger partial charge is 0.493 e. The van der Waals surface area contributed by atoms with Crippen LogP contribution in [0.5, 0.6) is 11.5 Å². The average molecular weight is 396 g/mol. The Morgan fingerprint density at radius 1 is 1.35 bits per heavy atom. The van der Waals surface area contributed by atoms with Gasteiger partial charge in [-0.25, -0.2) is 0 Å². The summed E-state index contributed by atoms with van der Waals surface area (Å²) in [5.74, 6) is 0.916. The molecule has 0 aliphatic rings. The number of halogens is 1. The van der Waals surface area contributed by atoms with Gasteiger partial charge in [-0.15, -0.1) is 11.3 Å². The second-order valence-electron chi connectivity index (χ2n) is 6.65. The number of aromatic amines is 1. The third-order valence-electron chi connectivity index (χ3n) is 3.52. The third kappa shape index (κ3) is 4.77. The van der Waals surface area contributed by atoms with Gasteiger partial charge in [0.15, 0.2) is 17.3 Å². The monoisotopic (exact) mass is 395 g/mol. The molecule has 0 aliphatic heterocycles. The van der Waals surface area contributed by atoms with E-state index in [1.165, 1.54) is 24.5 Å². The molecule has 0 atom stereocenters. The van der Waals surface area contributed by atoms with Crippen molar-refractivity contribution in [3.05, 3.63) is 42.3 Å². The molecular weight excluding hydrogens is 374 g/mol. The number of ketones is 1. The lowest BCUT2D eigenvalue weighted by Gasteiger charge is -2.12. The maximum atomic E-state index is 12.2. The van der Waals surface area contributed by atoms with Gasteiger partial charge in [0.25, 0.3) is 5.56 Å². The minimum atomic E-state index is -0.499. The van der Waals surface area contributed by atoms with Crippen LogP contribution in [0.3, 0.4) is 0 Å². The van der Waals surface area contributed by atoms with Gasteiger partial charge in [0, 0.05) is 11.5 Å². The number of methoxy groups -OCH3 is 1. The van der Waals surface area contributed by atoms with Gasteiger partial charge in [0.2, 0.25) is 0 Å². The van der Waals surface area contributed by atoms with Crippen LogP contribution < -0.4 is 24.2 Å². The first-order valence-electron chi connectivity index (χ1n) is 8.13. The number of rotatable bonds is 5. The van der Waals surface area contributed by atoms with E-state index in [1.54, 1.807) is 18.2 Å². The standard InChI is InChI=1S/C19H22ClNO4S/c1-6-25-17-12(20)7-11(8-13(17)24-5)9-14-18(23)21-16(26-14)10-15(22)19(2,3)4/h7-10H,6H2,1-5H3,(H,21,23)/b14-9+,16-10+. The van der Waals surface area contributed by atoms with Crippen LogP contribution in [0.15, 0.2) is 16.9 Å². The zero-order chi connectivity index (χ0) is 19.5. The number of hydrogen-bond donors (Lipinski definition) is 1. The van der Waals surface area contributed by atoms with Crippen molar-refractivity contribution in [1.29, 1.82) is 0 Å². The number of carbonyl (C=O) groups excluding carboxylic acids is 1. The molecule has 26 heavy (non-hydrogen) atoms. The van der Waals surface area contributed by atoms with Gasteiger partial charge >= 0.3 is 0 Å². The minimum Gasteiger partial charge on any atom is -0.493 e. The van der Waals surface area contributed by atoms with E-state index in [1.807, 2.05) is 27.7 Å². The molecule has 140 valence electrons. The van der Waals surface area contributed by atoms with Crippen LogP contribution in [0.2, 0.25) is 5.02 Å². The lowest BCUT2D eigenvalue weighted by molar-refractivity contribution is -0.119. The summed E-state index contributed by atoms with van der Waals surface area (Å²) in [7, 11) is 1.53. The number of ether oxygens (including phenoxy) is 2. The summed E-state index contributed by atoms with van der Waals surface area (Å²) < 4.78 is 11.8. The predicted octanol–water partition coefficient (Wildman–Crippen LogP) is 2.72. The first-order chi connectivity index (χ1) is 12.2. The third-order valence-corrected chi connectivity index (χ3v) is 4.76. The lowest BCUT2D eigenvalue weighted by atomic mass is 9.91.